The minimum atomic E-state index is 0.186. The highest BCUT2D eigenvalue weighted by molar-refractivity contribution is 5.70. The largest absolute Gasteiger partial charge is 0.372 e. The molecule has 1 aromatic rings. The summed E-state index contributed by atoms with van der Waals surface area (Å²) in [4.78, 5) is 0. The Kier molecular flexibility index (Phi) is 3.16. The van der Waals surface area contributed by atoms with Gasteiger partial charge in [-0.1, -0.05) is 60.7 Å². The summed E-state index contributed by atoms with van der Waals surface area (Å²) in [5.41, 5.74) is 2.73. The third-order valence-electron chi connectivity index (χ3n) is 3.68. The van der Waals surface area contributed by atoms with Gasteiger partial charge in [0.25, 0.3) is 0 Å². The van der Waals surface area contributed by atoms with Gasteiger partial charge in [-0.3, -0.25) is 0 Å². The Morgan fingerprint density at radius 1 is 1.17 bits per heavy atom. The SMILES string of the molecule is C/C=C/C1C=CC2COC1C=C2c1ccccc1. The lowest BCUT2D eigenvalue weighted by atomic mass is 9.90. The fraction of sp³-hybridized carbons (Fsp3) is 0.294. The van der Waals surface area contributed by atoms with E-state index in [4.69, 9.17) is 4.74 Å². The van der Waals surface area contributed by atoms with Crippen molar-refractivity contribution >= 4 is 5.57 Å². The minimum Gasteiger partial charge on any atom is -0.372 e. The van der Waals surface area contributed by atoms with Crippen LogP contribution in [0.2, 0.25) is 0 Å². The number of benzene rings is 1. The van der Waals surface area contributed by atoms with Crippen LogP contribution in [0, 0.1) is 11.8 Å². The maximum Gasteiger partial charge on any atom is 0.0859 e. The van der Waals surface area contributed by atoms with Crippen molar-refractivity contribution in [2.75, 3.05) is 6.61 Å². The molecule has 18 heavy (non-hydrogen) atoms. The smallest absolute Gasteiger partial charge is 0.0859 e. The van der Waals surface area contributed by atoms with Gasteiger partial charge in [0.15, 0.2) is 0 Å². The average molecular weight is 238 g/mol. The normalized spacial score (nSPS) is 30.5. The predicted molar refractivity (Wildman–Crippen MR) is 75.1 cm³/mol. The van der Waals surface area contributed by atoms with Crippen LogP contribution in [0.4, 0.5) is 0 Å². The van der Waals surface area contributed by atoms with Crippen molar-refractivity contribution in [3.8, 4) is 0 Å². The Balaban J connectivity index is 1.98. The molecule has 2 aliphatic heterocycles. The van der Waals surface area contributed by atoms with E-state index in [1.165, 1.54) is 11.1 Å². The number of hydrogen-bond donors (Lipinski definition) is 0. The van der Waals surface area contributed by atoms with Crippen LogP contribution < -0.4 is 0 Å². The fourth-order valence-corrected chi connectivity index (χ4v) is 2.74. The standard InChI is InChI=1S/C17H18O/c1-2-6-14-9-10-15-12-18-17(14)11-16(15)13-7-4-3-5-8-13/h2-11,14-15,17H,12H2,1H3/b6-2+. The van der Waals surface area contributed by atoms with Crippen molar-refractivity contribution in [3.63, 3.8) is 0 Å². The molecule has 3 unspecified atom stereocenters. The fourth-order valence-electron chi connectivity index (χ4n) is 2.74. The second kappa shape index (κ2) is 4.95. The molecule has 0 amide bonds. The van der Waals surface area contributed by atoms with E-state index in [2.05, 4.69) is 67.6 Å². The van der Waals surface area contributed by atoms with E-state index < -0.39 is 0 Å². The zero-order valence-corrected chi connectivity index (χ0v) is 10.6. The summed E-state index contributed by atoms with van der Waals surface area (Å²) in [6.07, 6.45) is 11.4. The van der Waals surface area contributed by atoms with Gasteiger partial charge < -0.3 is 4.74 Å². The Labute approximate surface area is 108 Å². The van der Waals surface area contributed by atoms with E-state index in [0.717, 1.165) is 6.61 Å². The van der Waals surface area contributed by atoms with Gasteiger partial charge in [-0.2, -0.15) is 0 Å². The quantitative estimate of drug-likeness (QED) is 0.711. The molecule has 92 valence electrons. The zero-order chi connectivity index (χ0) is 12.4. The monoisotopic (exact) mass is 238 g/mol. The molecule has 2 bridgehead atoms. The van der Waals surface area contributed by atoms with Crippen molar-refractivity contribution in [2.45, 2.75) is 13.0 Å². The second-order valence-electron chi connectivity index (χ2n) is 4.88. The molecule has 0 radical (unpaired) electrons. The summed E-state index contributed by atoms with van der Waals surface area (Å²) in [7, 11) is 0. The van der Waals surface area contributed by atoms with Gasteiger partial charge in [0.1, 0.15) is 0 Å². The molecular weight excluding hydrogens is 220 g/mol. The molecule has 1 nitrogen and oxygen atoms in total. The van der Waals surface area contributed by atoms with E-state index in [1.54, 1.807) is 0 Å². The Hall–Kier alpha value is -1.60. The first-order chi connectivity index (χ1) is 8.88. The Morgan fingerprint density at radius 3 is 2.78 bits per heavy atom. The minimum absolute atomic E-state index is 0.186. The lowest BCUT2D eigenvalue weighted by molar-refractivity contribution is 0.0594. The van der Waals surface area contributed by atoms with Gasteiger partial charge in [-0.05, 0) is 18.1 Å². The number of allylic oxidation sites excluding steroid dienone is 1. The van der Waals surface area contributed by atoms with Gasteiger partial charge in [0, 0.05) is 11.8 Å². The van der Waals surface area contributed by atoms with Gasteiger partial charge >= 0.3 is 0 Å². The van der Waals surface area contributed by atoms with Gasteiger partial charge in [-0.15, -0.1) is 0 Å². The van der Waals surface area contributed by atoms with Crippen LogP contribution in [-0.4, -0.2) is 12.7 Å². The molecule has 1 aromatic carbocycles. The van der Waals surface area contributed by atoms with Gasteiger partial charge in [0.05, 0.1) is 12.7 Å². The number of rotatable bonds is 2. The van der Waals surface area contributed by atoms with Crippen LogP contribution in [0.5, 0.6) is 0 Å². The molecule has 3 atom stereocenters. The lowest BCUT2D eigenvalue weighted by Crippen LogP contribution is -2.25. The maximum absolute atomic E-state index is 5.93. The Morgan fingerprint density at radius 2 is 2.00 bits per heavy atom. The van der Waals surface area contributed by atoms with E-state index in [9.17, 15) is 0 Å². The first kappa shape index (κ1) is 11.5. The third kappa shape index (κ3) is 2.06. The molecule has 1 heteroatoms. The second-order valence-corrected chi connectivity index (χ2v) is 4.88. The molecule has 3 aliphatic rings. The summed E-state index contributed by atoms with van der Waals surface area (Å²) in [5, 5.41) is 0. The highest BCUT2D eigenvalue weighted by atomic mass is 16.5. The summed E-state index contributed by atoms with van der Waals surface area (Å²) in [6, 6.07) is 10.6. The summed E-state index contributed by atoms with van der Waals surface area (Å²) < 4.78 is 5.93. The van der Waals surface area contributed by atoms with E-state index >= 15 is 0 Å². The van der Waals surface area contributed by atoms with Crippen molar-refractivity contribution in [3.05, 3.63) is 66.3 Å². The summed E-state index contributed by atoms with van der Waals surface area (Å²) in [6.45, 7) is 2.86. The lowest BCUT2D eigenvalue weighted by Gasteiger charge is -2.27. The summed E-state index contributed by atoms with van der Waals surface area (Å²) in [5.74, 6) is 0.778. The highest BCUT2D eigenvalue weighted by Crippen LogP contribution is 2.35. The molecule has 0 N–H and O–H groups in total. The first-order valence-electron chi connectivity index (χ1n) is 6.58. The molecule has 4 rings (SSSR count). The molecule has 0 saturated heterocycles. The molecule has 0 fully saturated rings. The molecule has 1 aliphatic carbocycles. The van der Waals surface area contributed by atoms with Crippen LogP contribution in [0.3, 0.4) is 0 Å². The average Bonchev–Trinajstić information content (AvgIpc) is 2.72. The Bertz CT molecular complexity index is 496. The van der Waals surface area contributed by atoms with Crippen molar-refractivity contribution < 1.29 is 4.74 Å². The van der Waals surface area contributed by atoms with Crippen molar-refractivity contribution in [1.82, 2.24) is 0 Å². The molecule has 0 spiro atoms. The molecule has 2 heterocycles. The van der Waals surface area contributed by atoms with Gasteiger partial charge in [-0.25, -0.2) is 0 Å². The van der Waals surface area contributed by atoms with E-state index in [0.29, 0.717) is 11.8 Å². The van der Waals surface area contributed by atoms with Crippen LogP contribution in [0.25, 0.3) is 5.57 Å². The van der Waals surface area contributed by atoms with Crippen LogP contribution in [0.1, 0.15) is 12.5 Å². The van der Waals surface area contributed by atoms with Crippen LogP contribution >= 0.6 is 0 Å². The zero-order valence-electron chi connectivity index (χ0n) is 10.6. The van der Waals surface area contributed by atoms with Crippen molar-refractivity contribution in [2.24, 2.45) is 11.8 Å². The predicted octanol–water partition coefficient (Wildman–Crippen LogP) is 3.85. The number of ether oxygens (including phenoxy) is 1. The topological polar surface area (TPSA) is 9.23 Å². The van der Waals surface area contributed by atoms with E-state index in [-0.39, 0.29) is 6.10 Å². The van der Waals surface area contributed by atoms with Gasteiger partial charge in [0.2, 0.25) is 0 Å². The van der Waals surface area contributed by atoms with Crippen LogP contribution in [-0.2, 0) is 4.74 Å². The molecule has 0 saturated carbocycles. The summed E-state index contributed by atoms with van der Waals surface area (Å²) >= 11 is 0. The number of hydrogen-bond acceptors (Lipinski definition) is 1. The highest BCUT2D eigenvalue weighted by Gasteiger charge is 2.29. The maximum atomic E-state index is 5.93. The van der Waals surface area contributed by atoms with E-state index in [1.807, 2.05) is 0 Å². The number of fused-ring (bicyclic) bond motifs is 2. The van der Waals surface area contributed by atoms with Crippen LogP contribution in [0.15, 0.2) is 60.7 Å². The molecule has 0 aromatic heterocycles. The van der Waals surface area contributed by atoms with Crippen molar-refractivity contribution in [1.29, 1.82) is 0 Å². The third-order valence-corrected chi connectivity index (χ3v) is 3.68. The molecular formula is C17H18O. The first-order valence-corrected chi connectivity index (χ1v) is 6.58.